The van der Waals surface area contributed by atoms with Crippen LogP contribution in [0.5, 0.6) is 0 Å². The SMILES string of the molecule is Cc1cc(C(O)C2COCCO2)c(F)cc1F. The van der Waals surface area contributed by atoms with Gasteiger partial charge in [0.25, 0.3) is 0 Å². The second-order valence-electron chi connectivity index (χ2n) is 4.05. The van der Waals surface area contributed by atoms with Crippen molar-refractivity contribution in [2.24, 2.45) is 0 Å². The molecule has 2 atom stereocenters. The maximum absolute atomic E-state index is 13.5. The molecule has 17 heavy (non-hydrogen) atoms. The molecule has 2 unspecified atom stereocenters. The lowest BCUT2D eigenvalue weighted by atomic mass is 10.0. The van der Waals surface area contributed by atoms with E-state index in [2.05, 4.69) is 0 Å². The van der Waals surface area contributed by atoms with Crippen molar-refractivity contribution in [3.8, 4) is 0 Å². The summed E-state index contributed by atoms with van der Waals surface area (Å²) < 4.78 is 37.0. The fourth-order valence-electron chi connectivity index (χ4n) is 1.79. The van der Waals surface area contributed by atoms with Crippen LogP contribution >= 0.6 is 0 Å². The lowest BCUT2D eigenvalue weighted by Crippen LogP contribution is -2.34. The van der Waals surface area contributed by atoms with Crippen molar-refractivity contribution in [1.29, 1.82) is 0 Å². The average molecular weight is 244 g/mol. The molecule has 1 N–H and O–H groups in total. The Kier molecular flexibility index (Phi) is 3.71. The van der Waals surface area contributed by atoms with E-state index >= 15 is 0 Å². The molecular formula is C12H14F2O3. The highest BCUT2D eigenvalue weighted by atomic mass is 19.1. The van der Waals surface area contributed by atoms with Crippen molar-refractivity contribution in [1.82, 2.24) is 0 Å². The van der Waals surface area contributed by atoms with Crippen LogP contribution in [-0.2, 0) is 9.47 Å². The minimum atomic E-state index is -1.14. The van der Waals surface area contributed by atoms with Gasteiger partial charge in [0.05, 0.1) is 19.8 Å². The quantitative estimate of drug-likeness (QED) is 0.861. The Labute approximate surface area is 98.0 Å². The third-order valence-corrected chi connectivity index (χ3v) is 2.79. The van der Waals surface area contributed by atoms with E-state index in [1.165, 1.54) is 13.0 Å². The van der Waals surface area contributed by atoms with Gasteiger partial charge >= 0.3 is 0 Å². The summed E-state index contributed by atoms with van der Waals surface area (Å²) in [6, 6.07) is 2.07. The van der Waals surface area contributed by atoms with Gasteiger partial charge in [-0.05, 0) is 18.6 Å². The molecule has 0 saturated carbocycles. The summed E-state index contributed by atoms with van der Waals surface area (Å²) in [6.45, 7) is 2.55. The van der Waals surface area contributed by atoms with Gasteiger partial charge in [0.1, 0.15) is 23.8 Å². The number of aliphatic hydroxyl groups is 1. The normalized spacial score (nSPS) is 22.5. The van der Waals surface area contributed by atoms with Crippen LogP contribution in [-0.4, -0.2) is 31.0 Å². The Balaban J connectivity index is 2.23. The van der Waals surface area contributed by atoms with Gasteiger partial charge in [-0.1, -0.05) is 0 Å². The van der Waals surface area contributed by atoms with Gasteiger partial charge in [0.2, 0.25) is 0 Å². The molecule has 2 rings (SSSR count). The van der Waals surface area contributed by atoms with Crippen molar-refractivity contribution in [3.63, 3.8) is 0 Å². The highest BCUT2D eigenvalue weighted by Gasteiger charge is 2.27. The monoisotopic (exact) mass is 244 g/mol. The number of benzene rings is 1. The largest absolute Gasteiger partial charge is 0.385 e. The van der Waals surface area contributed by atoms with E-state index in [1.807, 2.05) is 0 Å². The van der Waals surface area contributed by atoms with Gasteiger partial charge in [-0.2, -0.15) is 0 Å². The van der Waals surface area contributed by atoms with Crippen molar-refractivity contribution >= 4 is 0 Å². The van der Waals surface area contributed by atoms with Gasteiger partial charge in [0, 0.05) is 11.6 Å². The van der Waals surface area contributed by atoms with Crippen LogP contribution in [0.2, 0.25) is 0 Å². The third kappa shape index (κ3) is 2.62. The van der Waals surface area contributed by atoms with Crippen LogP contribution in [0, 0.1) is 18.6 Å². The van der Waals surface area contributed by atoms with Gasteiger partial charge in [-0.15, -0.1) is 0 Å². The van der Waals surface area contributed by atoms with Crippen LogP contribution in [0.4, 0.5) is 8.78 Å². The van der Waals surface area contributed by atoms with Gasteiger partial charge in [-0.25, -0.2) is 8.78 Å². The molecule has 0 bridgehead atoms. The number of rotatable bonds is 2. The van der Waals surface area contributed by atoms with Crippen LogP contribution in [0.15, 0.2) is 12.1 Å². The zero-order valence-corrected chi connectivity index (χ0v) is 9.45. The van der Waals surface area contributed by atoms with Crippen LogP contribution in [0.1, 0.15) is 17.2 Å². The predicted octanol–water partition coefficient (Wildman–Crippen LogP) is 1.72. The van der Waals surface area contributed by atoms with Crippen molar-refractivity contribution in [3.05, 3.63) is 34.9 Å². The van der Waals surface area contributed by atoms with Crippen molar-refractivity contribution in [2.75, 3.05) is 19.8 Å². The van der Waals surface area contributed by atoms with E-state index in [9.17, 15) is 13.9 Å². The Morgan fingerprint density at radius 2 is 2.06 bits per heavy atom. The molecule has 94 valence electrons. The van der Waals surface area contributed by atoms with Crippen LogP contribution < -0.4 is 0 Å². The summed E-state index contributed by atoms with van der Waals surface area (Å²) in [5, 5.41) is 9.97. The van der Waals surface area contributed by atoms with E-state index in [0.29, 0.717) is 13.2 Å². The number of hydrogen-bond acceptors (Lipinski definition) is 3. The molecule has 1 fully saturated rings. The summed E-state index contributed by atoms with van der Waals surface area (Å²) in [5.74, 6) is -1.39. The van der Waals surface area contributed by atoms with Crippen LogP contribution in [0.25, 0.3) is 0 Å². The molecule has 3 nitrogen and oxygen atoms in total. The number of aryl methyl sites for hydroxylation is 1. The summed E-state index contributed by atoms with van der Waals surface area (Å²) in [4.78, 5) is 0. The zero-order chi connectivity index (χ0) is 12.4. The molecule has 0 aliphatic carbocycles. The molecule has 0 spiro atoms. The molecule has 1 saturated heterocycles. The first-order chi connectivity index (χ1) is 8.09. The Bertz CT molecular complexity index is 403. The molecule has 1 aliphatic heterocycles. The number of halogens is 2. The van der Waals surface area contributed by atoms with E-state index < -0.39 is 23.8 Å². The second kappa shape index (κ2) is 5.08. The minimum absolute atomic E-state index is 0.0411. The van der Waals surface area contributed by atoms with Gasteiger partial charge in [0.15, 0.2) is 0 Å². The lowest BCUT2D eigenvalue weighted by molar-refractivity contribution is -0.134. The topological polar surface area (TPSA) is 38.7 Å². The Morgan fingerprint density at radius 3 is 2.71 bits per heavy atom. The highest BCUT2D eigenvalue weighted by Crippen LogP contribution is 2.26. The highest BCUT2D eigenvalue weighted by molar-refractivity contribution is 5.28. The molecule has 0 radical (unpaired) electrons. The fourth-order valence-corrected chi connectivity index (χ4v) is 1.79. The molecule has 0 amide bonds. The van der Waals surface area contributed by atoms with Crippen molar-refractivity contribution in [2.45, 2.75) is 19.1 Å². The lowest BCUT2D eigenvalue weighted by Gasteiger charge is -2.27. The maximum atomic E-state index is 13.5. The smallest absolute Gasteiger partial charge is 0.132 e. The molecule has 5 heteroatoms. The Hall–Kier alpha value is -1.04. The molecule has 0 aromatic heterocycles. The number of aliphatic hydroxyl groups excluding tert-OH is 1. The fraction of sp³-hybridized carbons (Fsp3) is 0.500. The van der Waals surface area contributed by atoms with E-state index in [1.54, 1.807) is 0 Å². The summed E-state index contributed by atoms with van der Waals surface area (Å²) in [5.41, 5.74) is 0.330. The number of ether oxygens (including phenoxy) is 2. The minimum Gasteiger partial charge on any atom is -0.385 e. The van der Waals surface area contributed by atoms with E-state index in [4.69, 9.17) is 9.47 Å². The number of hydrogen-bond donors (Lipinski definition) is 1. The average Bonchev–Trinajstić information content (AvgIpc) is 2.34. The first-order valence-corrected chi connectivity index (χ1v) is 5.42. The standard InChI is InChI=1S/C12H14F2O3/c1-7-4-8(10(14)5-9(7)13)12(15)11-6-16-2-3-17-11/h4-5,11-12,15H,2-3,6H2,1H3. The Morgan fingerprint density at radius 1 is 1.29 bits per heavy atom. The van der Waals surface area contributed by atoms with Crippen molar-refractivity contribution < 1.29 is 23.4 Å². The van der Waals surface area contributed by atoms with E-state index in [0.717, 1.165) is 6.07 Å². The zero-order valence-electron chi connectivity index (χ0n) is 9.45. The van der Waals surface area contributed by atoms with Crippen LogP contribution in [0.3, 0.4) is 0 Å². The first kappa shape index (κ1) is 12.4. The molecule has 1 aromatic carbocycles. The van der Waals surface area contributed by atoms with E-state index in [-0.39, 0.29) is 17.7 Å². The molecule has 1 heterocycles. The summed E-state index contributed by atoms with van der Waals surface area (Å²) in [6.07, 6.45) is -1.75. The second-order valence-corrected chi connectivity index (χ2v) is 4.05. The predicted molar refractivity (Wildman–Crippen MR) is 56.6 cm³/mol. The maximum Gasteiger partial charge on any atom is 0.132 e. The first-order valence-electron chi connectivity index (χ1n) is 5.42. The third-order valence-electron chi connectivity index (χ3n) is 2.79. The summed E-state index contributed by atoms with van der Waals surface area (Å²) >= 11 is 0. The molecule has 1 aliphatic rings. The molecular weight excluding hydrogens is 230 g/mol. The summed E-state index contributed by atoms with van der Waals surface area (Å²) in [7, 11) is 0. The molecule has 1 aromatic rings. The van der Waals surface area contributed by atoms with Gasteiger partial charge < -0.3 is 14.6 Å². The van der Waals surface area contributed by atoms with Gasteiger partial charge in [-0.3, -0.25) is 0 Å².